The van der Waals surface area contributed by atoms with Gasteiger partial charge in [-0.1, -0.05) is 25.3 Å². The molecule has 1 aliphatic carbocycles. The molecule has 0 aromatic heterocycles. The minimum Gasteiger partial charge on any atom is -0.495 e. The number of anilines is 1. The van der Waals surface area contributed by atoms with Crippen molar-refractivity contribution in [1.29, 1.82) is 0 Å². The number of nitrogens with one attached hydrogen (secondary N) is 1. The Balaban J connectivity index is 2.26. The summed E-state index contributed by atoms with van der Waals surface area (Å²) in [5.41, 5.74) is 0.325. The molecular weight excluding hydrogens is 278 g/mol. The smallest absolute Gasteiger partial charge is 0.246 e. The van der Waals surface area contributed by atoms with Gasteiger partial charge in [-0.3, -0.25) is 4.79 Å². The second-order valence-corrected chi connectivity index (χ2v) is 7.55. The molecule has 0 bridgehead atoms. The summed E-state index contributed by atoms with van der Waals surface area (Å²) in [6.07, 6.45) is 3.27. The molecular formula is C14H17NO4S. The van der Waals surface area contributed by atoms with Gasteiger partial charge in [0.2, 0.25) is 5.91 Å². The Morgan fingerprint density at radius 3 is 2.55 bits per heavy atom. The van der Waals surface area contributed by atoms with Gasteiger partial charge in [0, 0.05) is 0 Å². The molecule has 0 radical (unpaired) electrons. The van der Waals surface area contributed by atoms with Gasteiger partial charge in [-0.25, -0.2) is 8.42 Å². The van der Waals surface area contributed by atoms with E-state index in [-0.39, 0.29) is 4.90 Å². The van der Waals surface area contributed by atoms with E-state index in [1.165, 1.54) is 7.11 Å². The van der Waals surface area contributed by atoms with E-state index in [1.54, 1.807) is 18.2 Å². The summed E-state index contributed by atoms with van der Waals surface area (Å²) in [7, 11) is -2.29. The number of amides is 1. The molecule has 2 aliphatic rings. The fourth-order valence-electron chi connectivity index (χ4n) is 3.22. The number of carbonyl (C=O) groups excluding carboxylic acids is 1. The highest BCUT2D eigenvalue weighted by Gasteiger charge is 2.56. The van der Waals surface area contributed by atoms with E-state index in [4.69, 9.17) is 4.74 Å². The first-order chi connectivity index (χ1) is 9.53. The molecule has 1 spiro atoms. The van der Waals surface area contributed by atoms with E-state index in [2.05, 4.69) is 5.32 Å². The SMILES string of the molecule is COc1cccc2c1S(=O)(=O)C1(CCCCC1)C(=O)N2. The first-order valence-electron chi connectivity index (χ1n) is 6.76. The third kappa shape index (κ3) is 1.60. The lowest BCUT2D eigenvalue weighted by atomic mass is 9.87. The largest absolute Gasteiger partial charge is 0.495 e. The van der Waals surface area contributed by atoms with Crippen LogP contribution in [0.5, 0.6) is 5.75 Å². The molecule has 108 valence electrons. The minimum atomic E-state index is -3.73. The number of hydrogen-bond acceptors (Lipinski definition) is 4. The molecule has 1 N–H and O–H groups in total. The maximum Gasteiger partial charge on any atom is 0.246 e. The van der Waals surface area contributed by atoms with Crippen LogP contribution in [0.3, 0.4) is 0 Å². The summed E-state index contributed by atoms with van der Waals surface area (Å²) >= 11 is 0. The lowest BCUT2D eigenvalue weighted by molar-refractivity contribution is -0.119. The van der Waals surface area contributed by atoms with Crippen molar-refractivity contribution in [3.8, 4) is 5.75 Å². The Hall–Kier alpha value is -1.56. The maximum atomic E-state index is 13.0. The zero-order valence-corrected chi connectivity index (χ0v) is 12.1. The maximum absolute atomic E-state index is 13.0. The molecule has 5 nitrogen and oxygen atoms in total. The van der Waals surface area contributed by atoms with Crippen molar-refractivity contribution in [3.63, 3.8) is 0 Å². The number of carbonyl (C=O) groups is 1. The highest BCUT2D eigenvalue weighted by atomic mass is 32.2. The Kier molecular flexibility index (Phi) is 3.01. The molecule has 1 aromatic carbocycles. The van der Waals surface area contributed by atoms with Crippen LogP contribution in [-0.4, -0.2) is 26.2 Å². The van der Waals surface area contributed by atoms with Crippen LogP contribution in [0.1, 0.15) is 32.1 Å². The Labute approximate surface area is 118 Å². The standard InChI is InChI=1S/C14H17NO4S/c1-19-11-7-5-6-10-12(11)20(17,18)14(13(16)15-10)8-3-2-4-9-14/h5-7H,2-4,8-9H2,1H3,(H,15,16). The van der Waals surface area contributed by atoms with Gasteiger partial charge >= 0.3 is 0 Å². The van der Waals surface area contributed by atoms with E-state index >= 15 is 0 Å². The third-order valence-corrected chi connectivity index (χ3v) is 6.89. The van der Waals surface area contributed by atoms with Gasteiger partial charge in [-0.05, 0) is 25.0 Å². The van der Waals surface area contributed by atoms with E-state index in [0.29, 0.717) is 24.3 Å². The zero-order valence-electron chi connectivity index (χ0n) is 11.3. The Bertz CT molecular complexity index is 660. The highest BCUT2D eigenvalue weighted by Crippen LogP contribution is 2.47. The highest BCUT2D eigenvalue weighted by molar-refractivity contribution is 7.94. The van der Waals surface area contributed by atoms with Crippen molar-refractivity contribution < 1.29 is 17.9 Å². The molecule has 0 saturated heterocycles. The first-order valence-corrected chi connectivity index (χ1v) is 8.24. The van der Waals surface area contributed by atoms with Crippen molar-refractivity contribution in [1.82, 2.24) is 0 Å². The number of sulfone groups is 1. The molecule has 1 aliphatic heterocycles. The van der Waals surface area contributed by atoms with Crippen molar-refractivity contribution in [2.75, 3.05) is 12.4 Å². The number of ether oxygens (including phenoxy) is 1. The predicted molar refractivity (Wildman–Crippen MR) is 74.6 cm³/mol. The first kappa shape index (κ1) is 13.4. The molecule has 20 heavy (non-hydrogen) atoms. The van der Waals surface area contributed by atoms with Crippen LogP contribution in [-0.2, 0) is 14.6 Å². The Morgan fingerprint density at radius 2 is 1.90 bits per heavy atom. The molecule has 6 heteroatoms. The van der Waals surface area contributed by atoms with Crippen molar-refractivity contribution in [2.45, 2.75) is 41.7 Å². The van der Waals surface area contributed by atoms with Gasteiger partial charge in [0.1, 0.15) is 10.6 Å². The van der Waals surface area contributed by atoms with Crippen molar-refractivity contribution >= 4 is 21.4 Å². The summed E-state index contributed by atoms with van der Waals surface area (Å²) in [6.45, 7) is 0. The van der Waals surface area contributed by atoms with Crippen LogP contribution in [0.4, 0.5) is 5.69 Å². The number of methoxy groups -OCH3 is 1. The van der Waals surface area contributed by atoms with Gasteiger partial charge < -0.3 is 10.1 Å². The summed E-state index contributed by atoms with van der Waals surface area (Å²) in [6, 6.07) is 4.89. The molecule has 1 amide bonds. The van der Waals surface area contributed by atoms with Crippen LogP contribution in [0, 0.1) is 0 Å². The number of benzene rings is 1. The van der Waals surface area contributed by atoms with E-state index in [1.807, 2.05) is 0 Å². The molecule has 0 atom stereocenters. The van der Waals surface area contributed by atoms with Gasteiger partial charge in [0.05, 0.1) is 12.8 Å². The third-order valence-electron chi connectivity index (χ3n) is 4.31. The normalized spacial score (nSPS) is 22.9. The van der Waals surface area contributed by atoms with E-state index < -0.39 is 20.5 Å². The fraction of sp³-hybridized carbons (Fsp3) is 0.500. The minimum absolute atomic E-state index is 0.129. The van der Waals surface area contributed by atoms with Crippen LogP contribution >= 0.6 is 0 Å². The lowest BCUT2D eigenvalue weighted by Crippen LogP contribution is -2.53. The number of rotatable bonds is 1. The molecule has 0 unspecified atom stereocenters. The quantitative estimate of drug-likeness (QED) is 0.861. The van der Waals surface area contributed by atoms with Crippen molar-refractivity contribution in [2.24, 2.45) is 0 Å². The van der Waals surface area contributed by atoms with Crippen LogP contribution in [0.2, 0.25) is 0 Å². The fourth-order valence-corrected chi connectivity index (χ4v) is 5.56. The average molecular weight is 295 g/mol. The van der Waals surface area contributed by atoms with E-state index in [0.717, 1.165) is 19.3 Å². The second kappa shape index (κ2) is 4.48. The topological polar surface area (TPSA) is 72.5 Å². The molecule has 1 fully saturated rings. The van der Waals surface area contributed by atoms with Crippen LogP contribution in [0.25, 0.3) is 0 Å². The van der Waals surface area contributed by atoms with Crippen LogP contribution in [0.15, 0.2) is 23.1 Å². The number of hydrogen-bond donors (Lipinski definition) is 1. The zero-order chi connectivity index (χ0) is 14.4. The molecule has 1 saturated carbocycles. The predicted octanol–water partition coefficient (Wildman–Crippen LogP) is 2.12. The van der Waals surface area contributed by atoms with Crippen molar-refractivity contribution in [3.05, 3.63) is 18.2 Å². The molecule has 3 rings (SSSR count). The summed E-state index contributed by atoms with van der Waals surface area (Å²) < 4.78 is 29.9. The monoisotopic (exact) mass is 295 g/mol. The molecule has 1 heterocycles. The van der Waals surface area contributed by atoms with Gasteiger partial charge in [0.25, 0.3) is 0 Å². The summed E-state index contributed by atoms with van der Waals surface area (Å²) in [5, 5.41) is 2.75. The number of fused-ring (bicyclic) bond motifs is 1. The second-order valence-electron chi connectivity index (χ2n) is 5.35. The van der Waals surface area contributed by atoms with Crippen LogP contribution < -0.4 is 10.1 Å². The van der Waals surface area contributed by atoms with Gasteiger partial charge in [0.15, 0.2) is 14.6 Å². The molecule has 1 aromatic rings. The van der Waals surface area contributed by atoms with Gasteiger partial charge in [-0.2, -0.15) is 0 Å². The summed E-state index contributed by atoms with van der Waals surface area (Å²) in [4.78, 5) is 12.5. The van der Waals surface area contributed by atoms with E-state index in [9.17, 15) is 13.2 Å². The summed E-state index contributed by atoms with van der Waals surface area (Å²) in [5.74, 6) is -0.0922. The average Bonchev–Trinajstić information content (AvgIpc) is 2.46. The van der Waals surface area contributed by atoms with Gasteiger partial charge in [-0.15, -0.1) is 0 Å². The Morgan fingerprint density at radius 1 is 1.20 bits per heavy atom. The lowest BCUT2D eigenvalue weighted by Gasteiger charge is -2.39.